The average Bonchev–Trinajstić information content (AvgIpc) is 2.84. The van der Waals surface area contributed by atoms with Crippen LogP contribution in [0.3, 0.4) is 0 Å². The fraction of sp³-hybridized carbons (Fsp3) is 0.364. The number of halogens is 2. The number of esters is 1. The molecule has 0 saturated carbocycles. The van der Waals surface area contributed by atoms with Crippen molar-refractivity contribution >= 4 is 40.8 Å². The quantitative estimate of drug-likeness (QED) is 0.667. The van der Waals surface area contributed by atoms with Gasteiger partial charge in [-0.25, -0.2) is 4.79 Å². The van der Waals surface area contributed by atoms with Gasteiger partial charge in [0.25, 0.3) is 5.91 Å². The fourth-order valence-electron chi connectivity index (χ4n) is 3.48. The third-order valence-electron chi connectivity index (χ3n) is 4.80. The number of aliphatic hydroxyl groups is 1. The molecule has 3 rings (SSSR count). The number of ether oxygens (including phenoxy) is 2. The lowest BCUT2D eigenvalue weighted by Gasteiger charge is -2.26. The molecule has 0 aliphatic carbocycles. The maximum atomic E-state index is 13.4. The van der Waals surface area contributed by atoms with E-state index in [-0.39, 0.29) is 6.61 Å². The van der Waals surface area contributed by atoms with Gasteiger partial charge in [-0.05, 0) is 37.6 Å². The van der Waals surface area contributed by atoms with Crippen LogP contribution in [0, 0.1) is 0 Å². The molecular formula is C22H23Cl2NO5. The van der Waals surface area contributed by atoms with Crippen LogP contribution in [0.1, 0.15) is 37.5 Å². The van der Waals surface area contributed by atoms with Crippen molar-refractivity contribution in [2.24, 2.45) is 0 Å². The second-order valence-corrected chi connectivity index (χ2v) is 7.69. The zero-order valence-corrected chi connectivity index (χ0v) is 18.2. The van der Waals surface area contributed by atoms with Crippen molar-refractivity contribution in [3.8, 4) is 0 Å². The van der Waals surface area contributed by atoms with Gasteiger partial charge in [-0.15, -0.1) is 0 Å². The summed E-state index contributed by atoms with van der Waals surface area (Å²) in [7, 11) is 0. The van der Waals surface area contributed by atoms with Crippen LogP contribution in [0.15, 0.2) is 42.5 Å². The van der Waals surface area contributed by atoms with Gasteiger partial charge in [0.2, 0.25) is 0 Å². The van der Waals surface area contributed by atoms with Crippen LogP contribution in [0.25, 0.3) is 0 Å². The standard InChI is InChI=1S/C22H23Cl2NO5/c1-3-11-25-17-10-9-13(23)12-15(17)19(14-7-5-6-8-16(14)24)30-20(21(25)27)18(26)22(28)29-4-2/h5-10,12,18-20,26H,3-4,11H2,1-2H3. The van der Waals surface area contributed by atoms with E-state index in [1.165, 1.54) is 4.90 Å². The smallest absolute Gasteiger partial charge is 0.338 e. The minimum Gasteiger partial charge on any atom is -0.464 e. The van der Waals surface area contributed by atoms with Gasteiger partial charge in [-0.2, -0.15) is 0 Å². The predicted molar refractivity (Wildman–Crippen MR) is 115 cm³/mol. The van der Waals surface area contributed by atoms with Gasteiger partial charge < -0.3 is 19.5 Å². The molecule has 1 aliphatic heterocycles. The lowest BCUT2D eigenvalue weighted by molar-refractivity contribution is -0.168. The molecule has 2 aromatic carbocycles. The number of carbonyl (C=O) groups excluding carboxylic acids is 2. The maximum absolute atomic E-state index is 13.4. The van der Waals surface area contributed by atoms with Crippen molar-refractivity contribution in [1.82, 2.24) is 0 Å². The van der Waals surface area contributed by atoms with E-state index in [0.29, 0.717) is 39.8 Å². The van der Waals surface area contributed by atoms with E-state index in [1.54, 1.807) is 49.4 Å². The molecule has 30 heavy (non-hydrogen) atoms. The van der Waals surface area contributed by atoms with Crippen LogP contribution in [-0.4, -0.2) is 42.3 Å². The summed E-state index contributed by atoms with van der Waals surface area (Å²) in [4.78, 5) is 27.1. The molecule has 1 amide bonds. The van der Waals surface area contributed by atoms with E-state index in [4.69, 9.17) is 32.7 Å². The first kappa shape index (κ1) is 22.6. The molecule has 8 heteroatoms. The van der Waals surface area contributed by atoms with Gasteiger partial charge in [0.05, 0.1) is 6.61 Å². The molecule has 0 saturated heterocycles. The minimum absolute atomic E-state index is 0.0687. The van der Waals surface area contributed by atoms with Gasteiger partial charge in [0.15, 0.2) is 12.2 Å². The molecule has 6 nitrogen and oxygen atoms in total. The average molecular weight is 452 g/mol. The third-order valence-corrected chi connectivity index (χ3v) is 5.38. The lowest BCUT2D eigenvalue weighted by Crippen LogP contribution is -2.49. The van der Waals surface area contributed by atoms with E-state index in [9.17, 15) is 14.7 Å². The summed E-state index contributed by atoms with van der Waals surface area (Å²) in [5, 5.41) is 11.5. The third kappa shape index (κ3) is 4.47. The number of carbonyl (C=O) groups is 2. The number of amides is 1. The van der Waals surface area contributed by atoms with Crippen molar-refractivity contribution in [2.45, 2.75) is 38.6 Å². The Kier molecular flexibility index (Phi) is 7.36. The van der Waals surface area contributed by atoms with Crippen molar-refractivity contribution < 1.29 is 24.2 Å². The Bertz CT molecular complexity index is 935. The first-order valence-electron chi connectivity index (χ1n) is 9.74. The van der Waals surface area contributed by atoms with Crippen molar-refractivity contribution in [2.75, 3.05) is 18.1 Å². The zero-order valence-electron chi connectivity index (χ0n) is 16.7. The second kappa shape index (κ2) is 9.79. The molecule has 0 fully saturated rings. The monoisotopic (exact) mass is 451 g/mol. The predicted octanol–water partition coefficient (Wildman–Crippen LogP) is 4.15. The molecule has 1 aliphatic rings. The number of rotatable bonds is 6. The minimum atomic E-state index is -1.79. The molecule has 2 aromatic rings. The number of aliphatic hydroxyl groups excluding tert-OH is 1. The van der Waals surface area contributed by atoms with Crippen LogP contribution < -0.4 is 4.90 Å². The normalized spacial score (nSPS) is 19.8. The first-order valence-corrected chi connectivity index (χ1v) is 10.5. The molecule has 0 radical (unpaired) electrons. The summed E-state index contributed by atoms with van der Waals surface area (Å²) in [6.45, 7) is 3.99. The van der Waals surface area contributed by atoms with Crippen LogP contribution in [-0.2, 0) is 19.1 Å². The van der Waals surface area contributed by atoms with E-state index in [1.807, 2.05) is 6.92 Å². The number of nitrogens with zero attached hydrogens (tertiary/aromatic N) is 1. The number of hydrogen-bond acceptors (Lipinski definition) is 5. The Balaban J connectivity index is 2.18. The van der Waals surface area contributed by atoms with E-state index >= 15 is 0 Å². The Morgan fingerprint density at radius 2 is 1.93 bits per heavy atom. The Morgan fingerprint density at radius 1 is 1.20 bits per heavy atom. The van der Waals surface area contributed by atoms with Crippen LogP contribution in [0.2, 0.25) is 10.0 Å². The van der Waals surface area contributed by atoms with E-state index in [2.05, 4.69) is 0 Å². The van der Waals surface area contributed by atoms with Crippen molar-refractivity contribution in [3.05, 3.63) is 63.6 Å². The summed E-state index contributed by atoms with van der Waals surface area (Å²) in [6.07, 6.45) is -3.42. The SMILES string of the molecule is CCCN1C(=O)C(C(O)C(=O)OCC)OC(c2ccccc2Cl)c2cc(Cl)ccc21. The Labute approximate surface area is 185 Å². The van der Waals surface area contributed by atoms with E-state index in [0.717, 1.165) is 0 Å². The number of benzene rings is 2. The summed E-state index contributed by atoms with van der Waals surface area (Å²) in [5.41, 5.74) is 1.81. The maximum Gasteiger partial charge on any atom is 0.338 e. The van der Waals surface area contributed by atoms with Gasteiger partial charge >= 0.3 is 5.97 Å². The van der Waals surface area contributed by atoms with Gasteiger partial charge in [0.1, 0.15) is 6.10 Å². The first-order chi connectivity index (χ1) is 14.4. The highest BCUT2D eigenvalue weighted by Gasteiger charge is 2.43. The van der Waals surface area contributed by atoms with Crippen LogP contribution in [0.5, 0.6) is 0 Å². The Morgan fingerprint density at radius 3 is 2.60 bits per heavy atom. The highest BCUT2D eigenvalue weighted by Crippen LogP contribution is 2.42. The number of fused-ring (bicyclic) bond motifs is 1. The topological polar surface area (TPSA) is 76.1 Å². The molecule has 160 valence electrons. The summed E-state index contributed by atoms with van der Waals surface area (Å²) < 4.78 is 11.0. The zero-order chi connectivity index (χ0) is 21.8. The van der Waals surface area contributed by atoms with Crippen LogP contribution in [0.4, 0.5) is 5.69 Å². The van der Waals surface area contributed by atoms with Gasteiger partial charge in [-0.1, -0.05) is 48.3 Å². The van der Waals surface area contributed by atoms with Crippen molar-refractivity contribution in [1.29, 1.82) is 0 Å². The summed E-state index contributed by atoms with van der Waals surface area (Å²) in [6, 6.07) is 12.2. The highest BCUT2D eigenvalue weighted by molar-refractivity contribution is 6.31. The Hall–Kier alpha value is -2.12. The molecular weight excluding hydrogens is 429 g/mol. The summed E-state index contributed by atoms with van der Waals surface area (Å²) >= 11 is 12.7. The van der Waals surface area contributed by atoms with Gasteiger partial charge in [0, 0.05) is 33.4 Å². The largest absolute Gasteiger partial charge is 0.464 e. The molecule has 1 N–H and O–H groups in total. The van der Waals surface area contributed by atoms with Crippen molar-refractivity contribution in [3.63, 3.8) is 0 Å². The molecule has 3 unspecified atom stereocenters. The number of anilines is 1. The second-order valence-electron chi connectivity index (χ2n) is 6.85. The highest BCUT2D eigenvalue weighted by atomic mass is 35.5. The molecule has 0 aromatic heterocycles. The number of hydrogen-bond donors (Lipinski definition) is 1. The molecule has 0 bridgehead atoms. The molecule has 0 spiro atoms. The lowest BCUT2D eigenvalue weighted by atomic mass is 9.99. The van der Waals surface area contributed by atoms with Gasteiger partial charge in [-0.3, -0.25) is 4.79 Å². The van der Waals surface area contributed by atoms with E-state index < -0.39 is 30.2 Å². The molecule has 3 atom stereocenters. The fourth-order valence-corrected chi connectivity index (χ4v) is 3.89. The summed E-state index contributed by atoms with van der Waals surface area (Å²) in [5.74, 6) is -1.45. The molecule has 1 heterocycles. The van der Waals surface area contributed by atoms with Crippen LogP contribution >= 0.6 is 23.2 Å².